The van der Waals surface area contributed by atoms with Crippen molar-refractivity contribution in [3.05, 3.63) is 34.0 Å². The van der Waals surface area contributed by atoms with Gasteiger partial charge in [-0.05, 0) is 31.9 Å². The number of morpholine rings is 1. The first-order valence-electron chi connectivity index (χ1n) is 10.7. The SMILES string of the molecule is C[C@H]1CN2c3c(cc4c(NCc5nccs5)noc4c3F)CC3(C=NCN=C3)[C@@H]2[C@@H](C)O1. The molecule has 0 bridgehead atoms. The van der Waals surface area contributed by atoms with Gasteiger partial charge in [-0.1, -0.05) is 5.16 Å². The number of thiazole rings is 1. The van der Waals surface area contributed by atoms with Gasteiger partial charge in [-0.2, -0.15) is 0 Å². The van der Waals surface area contributed by atoms with Crippen molar-refractivity contribution in [3.8, 4) is 0 Å². The molecule has 3 aliphatic heterocycles. The quantitative estimate of drug-likeness (QED) is 0.650. The van der Waals surface area contributed by atoms with Gasteiger partial charge in [0.2, 0.25) is 5.58 Å². The maximum Gasteiger partial charge on any atom is 0.206 e. The predicted molar refractivity (Wildman–Crippen MR) is 123 cm³/mol. The highest BCUT2D eigenvalue weighted by Gasteiger charge is 2.52. The normalized spacial score (nSPS) is 25.8. The number of aliphatic imine (C=N–C) groups is 2. The minimum absolute atomic E-state index is 0.0259. The number of halogens is 1. The van der Waals surface area contributed by atoms with Crippen LogP contribution in [0.5, 0.6) is 0 Å². The fourth-order valence-corrected chi connectivity index (χ4v) is 5.97. The van der Waals surface area contributed by atoms with Crippen molar-refractivity contribution < 1.29 is 13.7 Å². The van der Waals surface area contributed by atoms with Crippen molar-refractivity contribution in [3.63, 3.8) is 0 Å². The highest BCUT2D eigenvalue weighted by Crippen LogP contribution is 2.47. The van der Waals surface area contributed by atoms with Crippen LogP contribution < -0.4 is 10.2 Å². The van der Waals surface area contributed by atoms with Crippen LogP contribution in [0.1, 0.15) is 24.4 Å². The molecule has 8 nitrogen and oxygen atoms in total. The van der Waals surface area contributed by atoms with Crippen molar-refractivity contribution in [2.45, 2.75) is 45.1 Å². The van der Waals surface area contributed by atoms with Gasteiger partial charge < -0.3 is 19.5 Å². The first kappa shape index (κ1) is 19.8. The van der Waals surface area contributed by atoms with Crippen LogP contribution in [0.3, 0.4) is 0 Å². The zero-order valence-corrected chi connectivity index (χ0v) is 18.6. The van der Waals surface area contributed by atoms with Crippen molar-refractivity contribution in [2.75, 3.05) is 23.4 Å². The topological polar surface area (TPSA) is 88.1 Å². The average molecular weight is 455 g/mol. The van der Waals surface area contributed by atoms with E-state index in [0.717, 1.165) is 10.6 Å². The zero-order valence-electron chi connectivity index (χ0n) is 17.8. The van der Waals surface area contributed by atoms with Crippen molar-refractivity contribution >= 4 is 46.2 Å². The molecule has 0 saturated carbocycles. The molecule has 0 unspecified atom stereocenters. The van der Waals surface area contributed by atoms with E-state index in [1.165, 1.54) is 0 Å². The number of benzene rings is 1. The lowest BCUT2D eigenvalue weighted by atomic mass is 9.69. The van der Waals surface area contributed by atoms with Gasteiger partial charge in [-0.25, -0.2) is 9.37 Å². The van der Waals surface area contributed by atoms with Gasteiger partial charge in [0.25, 0.3) is 0 Å². The number of ether oxygens (including phenoxy) is 1. The molecule has 0 radical (unpaired) electrons. The van der Waals surface area contributed by atoms with Crippen LogP contribution in [0.2, 0.25) is 0 Å². The Kier molecular flexibility index (Phi) is 4.55. The summed E-state index contributed by atoms with van der Waals surface area (Å²) in [6.07, 6.45) is 6.17. The number of nitrogens with zero attached hydrogens (tertiary/aromatic N) is 5. The second-order valence-corrected chi connectivity index (χ2v) is 9.67. The largest absolute Gasteiger partial charge is 0.372 e. The maximum atomic E-state index is 15.9. The molecule has 5 heterocycles. The number of nitrogens with one attached hydrogen (secondary N) is 1. The molecule has 1 spiro atoms. The summed E-state index contributed by atoms with van der Waals surface area (Å²) in [7, 11) is 0. The minimum atomic E-state index is -0.448. The third-order valence-electron chi connectivity index (χ3n) is 6.49. The first-order chi connectivity index (χ1) is 15.6. The Morgan fingerprint density at radius 2 is 2.16 bits per heavy atom. The highest BCUT2D eigenvalue weighted by atomic mass is 32.1. The molecule has 6 rings (SSSR count). The molecule has 3 aliphatic rings. The molecule has 1 saturated heterocycles. The maximum absolute atomic E-state index is 15.9. The molecular weight excluding hydrogens is 431 g/mol. The lowest BCUT2D eigenvalue weighted by Gasteiger charge is -2.54. The average Bonchev–Trinajstić information content (AvgIpc) is 3.42. The first-order valence-corrected chi connectivity index (χ1v) is 11.6. The van der Waals surface area contributed by atoms with Gasteiger partial charge in [0, 0.05) is 30.6 Å². The second kappa shape index (κ2) is 7.35. The zero-order chi connectivity index (χ0) is 21.9. The monoisotopic (exact) mass is 454 g/mol. The molecule has 0 aliphatic carbocycles. The predicted octanol–water partition coefficient (Wildman–Crippen LogP) is 3.67. The van der Waals surface area contributed by atoms with Crippen LogP contribution in [0.15, 0.2) is 32.2 Å². The fourth-order valence-electron chi connectivity index (χ4n) is 5.42. The van der Waals surface area contributed by atoms with E-state index in [4.69, 9.17) is 9.26 Å². The molecule has 3 atom stereocenters. The molecule has 166 valence electrons. The van der Waals surface area contributed by atoms with E-state index in [1.54, 1.807) is 17.5 Å². The minimum Gasteiger partial charge on any atom is -0.372 e. The van der Waals surface area contributed by atoms with Crippen molar-refractivity contribution in [1.29, 1.82) is 0 Å². The van der Waals surface area contributed by atoms with Crippen LogP contribution in [-0.2, 0) is 17.7 Å². The standard InChI is InChI=1S/C22H23FN6O2S/c1-12-8-29-18-14(6-22(9-24-11-25-10-22)20(29)13(2)30-12)5-15-19(17(18)23)31-28-21(15)27-7-16-26-3-4-32-16/h3-5,9-10,12-13,20H,6-8,11H2,1-2H3,(H,27,28)/t12-,13+,20-/m0/s1. The molecule has 2 aromatic heterocycles. The Morgan fingerprint density at radius 3 is 2.94 bits per heavy atom. The van der Waals surface area contributed by atoms with E-state index >= 15 is 4.39 Å². The van der Waals surface area contributed by atoms with Crippen LogP contribution >= 0.6 is 11.3 Å². The van der Waals surface area contributed by atoms with Gasteiger partial charge in [0.15, 0.2) is 11.6 Å². The Balaban J connectivity index is 1.47. The van der Waals surface area contributed by atoms with Crippen LogP contribution in [0, 0.1) is 11.2 Å². The van der Waals surface area contributed by atoms with E-state index in [9.17, 15) is 0 Å². The van der Waals surface area contributed by atoms with E-state index in [1.807, 2.05) is 37.7 Å². The summed E-state index contributed by atoms with van der Waals surface area (Å²) >= 11 is 1.55. The van der Waals surface area contributed by atoms with Gasteiger partial charge in [0.1, 0.15) is 11.7 Å². The van der Waals surface area contributed by atoms with Crippen LogP contribution in [0.25, 0.3) is 11.0 Å². The lowest BCUT2D eigenvalue weighted by molar-refractivity contribution is -0.0432. The third-order valence-corrected chi connectivity index (χ3v) is 7.27. The van der Waals surface area contributed by atoms with E-state index in [-0.39, 0.29) is 29.7 Å². The summed E-state index contributed by atoms with van der Waals surface area (Å²) < 4.78 is 27.6. The fraction of sp³-hybridized carbons (Fsp3) is 0.455. The number of anilines is 2. The van der Waals surface area contributed by atoms with E-state index in [2.05, 4.69) is 30.3 Å². The third kappa shape index (κ3) is 2.96. The van der Waals surface area contributed by atoms with Gasteiger partial charge in [0.05, 0.1) is 41.3 Å². The van der Waals surface area contributed by atoms with Crippen molar-refractivity contribution in [1.82, 2.24) is 10.1 Å². The number of hydrogen-bond acceptors (Lipinski definition) is 9. The molecule has 32 heavy (non-hydrogen) atoms. The van der Waals surface area contributed by atoms with Crippen LogP contribution in [-0.4, -0.2) is 54.0 Å². The summed E-state index contributed by atoms with van der Waals surface area (Å²) in [6, 6.07) is 1.89. The number of aromatic nitrogens is 2. The molecule has 3 aromatic rings. The smallest absolute Gasteiger partial charge is 0.206 e. The molecule has 1 fully saturated rings. The van der Waals surface area contributed by atoms with Crippen LogP contribution in [0.4, 0.5) is 15.9 Å². The number of fused-ring (bicyclic) bond motifs is 5. The molecule has 1 aromatic carbocycles. The Morgan fingerprint density at radius 1 is 1.31 bits per heavy atom. The Hall–Kier alpha value is -2.85. The molecule has 0 amide bonds. The van der Waals surface area contributed by atoms with Gasteiger partial charge in [-0.15, -0.1) is 11.3 Å². The molecule has 1 N–H and O–H groups in total. The van der Waals surface area contributed by atoms with Gasteiger partial charge >= 0.3 is 0 Å². The van der Waals surface area contributed by atoms with E-state index in [0.29, 0.717) is 43.1 Å². The van der Waals surface area contributed by atoms with Gasteiger partial charge in [-0.3, -0.25) is 9.98 Å². The summed E-state index contributed by atoms with van der Waals surface area (Å²) in [5.41, 5.74) is 1.19. The Labute approximate surface area is 188 Å². The number of rotatable bonds is 3. The lowest BCUT2D eigenvalue weighted by Crippen LogP contribution is -2.65. The summed E-state index contributed by atoms with van der Waals surface area (Å²) in [4.78, 5) is 15.3. The molecule has 10 heteroatoms. The molecular formula is C22H23FN6O2S. The van der Waals surface area contributed by atoms with E-state index < -0.39 is 5.41 Å². The highest BCUT2D eigenvalue weighted by molar-refractivity contribution is 7.09. The Bertz CT molecular complexity index is 1210. The number of hydrogen-bond donors (Lipinski definition) is 1. The second-order valence-electron chi connectivity index (χ2n) is 8.69. The van der Waals surface area contributed by atoms with Crippen molar-refractivity contribution in [2.24, 2.45) is 15.4 Å². The summed E-state index contributed by atoms with van der Waals surface area (Å²) in [6.45, 7) is 5.57. The summed E-state index contributed by atoms with van der Waals surface area (Å²) in [5.74, 6) is 0.140. The summed E-state index contributed by atoms with van der Waals surface area (Å²) in [5, 5.41) is 10.8.